The molecule has 0 heterocycles. The molecule has 17 heavy (non-hydrogen) atoms. The normalized spacial score (nSPS) is 10.8. The van der Waals surface area contributed by atoms with Gasteiger partial charge in [-0.3, -0.25) is 0 Å². The molecule has 1 rings (SSSR count). The van der Waals surface area contributed by atoms with E-state index in [1.165, 1.54) is 17.2 Å². The summed E-state index contributed by atoms with van der Waals surface area (Å²) in [4.78, 5) is 12.2. The minimum Gasteiger partial charge on any atom is -0.462 e. The Morgan fingerprint density at radius 2 is 2.18 bits per heavy atom. The van der Waals surface area contributed by atoms with Gasteiger partial charge in [0.1, 0.15) is 11.6 Å². The Morgan fingerprint density at radius 1 is 1.53 bits per heavy atom. The molecule has 0 amide bonds. The maximum atomic E-state index is 11.3. The van der Waals surface area contributed by atoms with Gasteiger partial charge in [0.2, 0.25) is 0 Å². The third-order valence-corrected chi connectivity index (χ3v) is 2.89. The molecule has 5 heteroatoms. The summed E-state index contributed by atoms with van der Waals surface area (Å²) in [6.07, 6.45) is 0. The van der Waals surface area contributed by atoms with E-state index in [1.54, 1.807) is 19.1 Å². The maximum absolute atomic E-state index is 11.3. The average molecular weight is 268 g/mol. The molecule has 0 saturated carbocycles. The maximum Gasteiger partial charge on any atom is 0.349 e. The lowest BCUT2D eigenvalue weighted by Gasteiger charge is -1.99. The van der Waals surface area contributed by atoms with Gasteiger partial charge in [0, 0.05) is 15.3 Å². The van der Waals surface area contributed by atoms with Crippen molar-refractivity contribution in [3.05, 3.63) is 40.3 Å². The monoisotopic (exact) mass is 267 g/mol. The Hall–Kier alpha value is -1.44. The van der Waals surface area contributed by atoms with Gasteiger partial charge in [-0.25, -0.2) is 4.79 Å². The molecule has 0 atom stereocenters. The fourth-order valence-corrected chi connectivity index (χ4v) is 1.79. The topological polar surface area (TPSA) is 50.1 Å². The third kappa shape index (κ3) is 4.51. The Morgan fingerprint density at radius 3 is 2.71 bits per heavy atom. The number of rotatable bonds is 4. The van der Waals surface area contributed by atoms with Gasteiger partial charge in [-0.1, -0.05) is 23.4 Å². The van der Waals surface area contributed by atoms with E-state index in [0.29, 0.717) is 5.02 Å². The molecule has 0 radical (unpaired) electrons. The van der Waals surface area contributed by atoms with Gasteiger partial charge < -0.3 is 4.74 Å². The standard InChI is InChI=1S/C12H10ClNO2S/c1-2-16-12(15)9(7-14)8-17-11-5-3-10(13)4-6-11/h3-6,8H,2H2,1H3/b9-8+. The van der Waals surface area contributed by atoms with Crippen LogP contribution in [0.4, 0.5) is 0 Å². The van der Waals surface area contributed by atoms with Gasteiger partial charge in [-0.05, 0) is 31.2 Å². The van der Waals surface area contributed by atoms with Crippen molar-refractivity contribution >= 4 is 29.3 Å². The SMILES string of the molecule is CCOC(=O)/C(C#N)=C/Sc1ccc(Cl)cc1. The van der Waals surface area contributed by atoms with Crippen LogP contribution in [0.5, 0.6) is 0 Å². The molecule has 0 N–H and O–H groups in total. The first kappa shape index (κ1) is 13.6. The first-order valence-electron chi connectivity index (χ1n) is 4.87. The molecule has 0 aliphatic rings. The molecule has 0 bridgehead atoms. The second-order valence-electron chi connectivity index (χ2n) is 2.94. The molecule has 0 aliphatic carbocycles. The highest BCUT2D eigenvalue weighted by Gasteiger charge is 2.09. The lowest BCUT2D eigenvalue weighted by atomic mass is 10.3. The van der Waals surface area contributed by atoms with Crippen LogP contribution in [0.2, 0.25) is 5.02 Å². The molecule has 3 nitrogen and oxygen atoms in total. The van der Waals surface area contributed by atoms with Crippen LogP contribution in [0.1, 0.15) is 6.92 Å². The molecule has 0 aliphatic heterocycles. The van der Waals surface area contributed by atoms with Gasteiger partial charge in [0.25, 0.3) is 0 Å². The number of hydrogen-bond acceptors (Lipinski definition) is 4. The molecule has 0 aromatic heterocycles. The molecule has 0 saturated heterocycles. The van der Waals surface area contributed by atoms with Crippen molar-refractivity contribution in [2.75, 3.05) is 6.61 Å². The number of nitrogens with zero attached hydrogens (tertiary/aromatic N) is 1. The summed E-state index contributed by atoms with van der Waals surface area (Å²) in [6.45, 7) is 1.95. The number of carbonyl (C=O) groups excluding carboxylic acids is 1. The van der Waals surface area contributed by atoms with Gasteiger partial charge in [-0.15, -0.1) is 0 Å². The van der Waals surface area contributed by atoms with Crippen molar-refractivity contribution < 1.29 is 9.53 Å². The van der Waals surface area contributed by atoms with Crippen LogP contribution in [0.3, 0.4) is 0 Å². The highest BCUT2D eigenvalue weighted by molar-refractivity contribution is 8.02. The first-order valence-corrected chi connectivity index (χ1v) is 6.12. The Bertz CT molecular complexity index is 462. The molecule has 1 aromatic carbocycles. The van der Waals surface area contributed by atoms with E-state index in [4.69, 9.17) is 21.6 Å². The summed E-state index contributed by atoms with van der Waals surface area (Å²) >= 11 is 7.01. The zero-order valence-corrected chi connectivity index (χ0v) is 10.7. The van der Waals surface area contributed by atoms with Crippen LogP contribution in [-0.4, -0.2) is 12.6 Å². The Kier molecular flexibility index (Phi) is 5.61. The fraction of sp³-hybridized carbons (Fsp3) is 0.167. The van der Waals surface area contributed by atoms with E-state index in [1.807, 2.05) is 18.2 Å². The largest absolute Gasteiger partial charge is 0.462 e. The lowest BCUT2D eigenvalue weighted by Crippen LogP contribution is -2.05. The number of hydrogen-bond donors (Lipinski definition) is 0. The van der Waals surface area contributed by atoms with Crippen molar-refractivity contribution in [3.63, 3.8) is 0 Å². The minimum atomic E-state index is -0.600. The number of ether oxygens (including phenoxy) is 1. The highest BCUT2D eigenvalue weighted by atomic mass is 35.5. The predicted octanol–water partition coefficient (Wildman–Crippen LogP) is 3.40. The summed E-state index contributed by atoms with van der Waals surface area (Å²) in [7, 11) is 0. The van der Waals surface area contributed by atoms with Crippen LogP contribution in [0.15, 0.2) is 40.1 Å². The third-order valence-electron chi connectivity index (χ3n) is 1.74. The number of nitriles is 1. The smallest absolute Gasteiger partial charge is 0.349 e. The molecule has 88 valence electrons. The zero-order chi connectivity index (χ0) is 12.7. The van der Waals surface area contributed by atoms with Crippen molar-refractivity contribution in [2.45, 2.75) is 11.8 Å². The van der Waals surface area contributed by atoms with Gasteiger partial charge in [0.15, 0.2) is 0 Å². The number of benzene rings is 1. The second kappa shape index (κ2) is 7.00. The minimum absolute atomic E-state index is 0.00759. The van der Waals surface area contributed by atoms with Gasteiger partial charge >= 0.3 is 5.97 Å². The summed E-state index contributed by atoms with van der Waals surface area (Å²) in [5.74, 6) is -0.600. The number of thioether (sulfide) groups is 1. The van der Waals surface area contributed by atoms with E-state index in [9.17, 15) is 4.79 Å². The van der Waals surface area contributed by atoms with Crippen molar-refractivity contribution in [1.29, 1.82) is 5.26 Å². The second-order valence-corrected chi connectivity index (χ2v) is 4.31. The summed E-state index contributed by atoms with van der Waals surface area (Å²) in [5, 5.41) is 10.9. The Balaban J connectivity index is 2.71. The summed E-state index contributed by atoms with van der Waals surface area (Å²) < 4.78 is 4.74. The van der Waals surface area contributed by atoms with E-state index < -0.39 is 5.97 Å². The van der Waals surface area contributed by atoms with Crippen molar-refractivity contribution in [1.82, 2.24) is 0 Å². The quantitative estimate of drug-likeness (QED) is 0.363. The molecular weight excluding hydrogens is 258 g/mol. The van der Waals surface area contributed by atoms with Gasteiger partial charge in [0.05, 0.1) is 6.61 Å². The molecule has 0 fully saturated rings. The molecule has 0 unspecified atom stereocenters. The molecule has 0 spiro atoms. The summed E-state index contributed by atoms with van der Waals surface area (Å²) in [6, 6.07) is 8.91. The van der Waals surface area contributed by atoms with E-state index >= 15 is 0 Å². The number of halogens is 1. The molecular formula is C12H10ClNO2S. The number of carbonyl (C=O) groups is 1. The highest BCUT2D eigenvalue weighted by Crippen LogP contribution is 2.22. The van der Waals surface area contributed by atoms with Crippen LogP contribution in [-0.2, 0) is 9.53 Å². The lowest BCUT2D eigenvalue weighted by molar-refractivity contribution is -0.137. The fourth-order valence-electron chi connectivity index (χ4n) is 0.969. The van der Waals surface area contributed by atoms with Crippen LogP contribution >= 0.6 is 23.4 Å². The van der Waals surface area contributed by atoms with Crippen molar-refractivity contribution in [2.24, 2.45) is 0 Å². The first-order chi connectivity index (χ1) is 8.17. The van der Waals surface area contributed by atoms with Crippen LogP contribution in [0, 0.1) is 11.3 Å². The zero-order valence-electron chi connectivity index (χ0n) is 9.14. The van der Waals surface area contributed by atoms with Gasteiger partial charge in [-0.2, -0.15) is 5.26 Å². The van der Waals surface area contributed by atoms with Crippen LogP contribution < -0.4 is 0 Å². The average Bonchev–Trinajstić information content (AvgIpc) is 2.32. The predicted molar refractivity (Wildman–Crippen MR) is 67.6 cm³/mol. The van der Waals surface area contributed by atoms with E-state index in [-0.39, 0.29) is 12.2 Å². The Labute approximate surface area is 109 Å². The van der Waals surface area contributed by atoms with E-state index in [2.05, 4.69) is 0 Å². The van der Waals surface area contributed by atoms with E-state index in [0.717, 1.165) is 4.90 Å². The number of esters is 1. The summed E-state index contributed by atoms with van der Waals surface area (Å²) in [5.41, 5.74) is -0.00759. The van der Waals surface area contributed by atoms with Crippen molar-refractivity contribution in [3.8, 4) is 6.07 Å². The van der Waals surface area contributed by atoms with Crippen LogP contribution in [0.25, 0.3) is 0 Å². The molecule has 1 aromatic rings.